The van der Waals surface area contributed by atoms with Gasteiger partial charge in [-0.1, -0.05) is 15.9 Å². The Morgan fingerprint density at radius 2 is 2.03 bits per heavy atom. The zero-order valence-corrected chi connectivity index (χ0v) is 20.6. The van der Waals surface area contributed by atoms with E-state index >= 15 is 0 Å². The van der Waals surface area contributed by atoms with Crippen LogP contribution < -0.4 is 10.1 Å². The Balaban J connectivity index is 1.41. The number of aromatic nitrogens is 3. The van der Waals surface area contributed by atoms with Gasteiger partial charge in [0, 0.05) is 29.3 Å². The summed E-state index contributed by atoms with van der Waals surface area (Å²) in [6.45, 7) is 8.15. The number of anilines is 2. The summed E-state index contributed by atoms with van der Waals surface area (Å²) >= 11 is 5.48. The number of fused-ring (bicyclic) bond motifs is 3. The molecular weight excluding hydrogens is 486 g/mol. The smallest absolute Gasteiger partial charge is 0.145 e. The van der Waals surface area contributed by atoms with Crippen LogP contribution in [0, 0.1) is 13.8 Å². The fourth-order valence-electron chi connectivity index (χ4n) is 3.97. The molecule has 3 aromatic heterocycles. The fourth-order valence-corrected chi connectivity index (χ4v) is 5.53. The van der Waals surface area contributed by atoms with E-state index in [0.29, 0.717) is 4.95 Å². The number of pyridine rings is 1. The number of ether oxygens (including phenoxy) is 1. The van der Waals surface area contributed by atoms with Crippen LogP contribution in [0.5, 0.6) is 11.5 Å². The lowest BCUT2D eigenvalue weighted by Gasteiger charge is -2.29. The molecule has 1 aliphatic heterocycles. The fraction of sp³-hybridized carbons (Fsp3) is 0.292. The van der Waals surface area contributed by atoms with E-state index in [1.54, 1.807) is 23.9 Å². The summed E-state index contributed by atoms with van der Waals surface area (Å²) in [5, 5.41) is 4.67. The van der Waals surface area contributed by atoms with Crippen LogP contribution in [-0.4, -0.2) is 31.3 Å². The second kappa shape index (κ2) is 8.77. The number of rotatable bonds is 5. The Bertz CT molecular complexity index is 1270. The first-order chi connectivity index (χ1) is 15.5. The third-order valence-corrected chi connectivity index (χ3v) is 7.42. The van der Waals surface area contributed by atoms with E-state index in [4.69, 9.17) is 4.74 Å². The zero-order valence-electron chi connectivity index (χ0n) is 18.2. The van der Waals surface area contributed by atoms with Gasteiger partial charge in [-0.15, -0.1) is 11.3 Å². The van der Waals surface area contributed by atoms with E-state index in [9.17, 15) is 0 Å². The van der Waals surface area contributed by atoms with Crippen molar-refractivity contribution in [3.05, 3.63) is 64.6 Å². The molecule has 0 bridgehead atoms. The molecular formula is C24H24BrN5OS. The van der Waals surface area contributed by atoms with Gasteiger partial charge in [0.15, 0.2) is 0 Å². The number of benzene rings is 1. The molecule has 0 saturated heterocycles. The Kier molecular flexibility index (Phi) is 5.84. The van der Waals surface area contributed by atoms with Gasteiger partial charge in [-0.3, -0.25) is 9.88 Å². The van der Waals surface area contributed by atoms with Crippen LogP contribution in [0.4, 0.5) is 11.5 Å². The maximum absolute atomic E-state index is 6.01. The third-order valence-electron chi connectivity index (χ3n) is 5.72. The number of nitrogens with one attached hydrogen (secondary N) is 1. The predicted octanol–water partition coefficient (Wildman–Crippen LogP) is 6.34. The monoisotopic (exact) mass is 509 g/mol. The van der Waals surface area contributed by atoms with Crippen LogP contribution in [-0.2, 0) is 13.0 Å². The lowest BCUT2D eigenvalue weighted by molar-refractivity contribution is 0.255. The zero-order chi connectivity index (χ0) is 22.2. The van der Waals surface area contributed by atoms with Crippen molar-refractivity contribution < 1.29 is 4.74 Å². The van der Waals surface area contributed by atoms with Crippen molar-refractivity contribution in [3.63, 3.8) is 0 Å². The number of thiophene rings is 1. The van der Waals surface area contributed by atoms with Crippen LogP contribution in [0.15, 0.2) is 42.9 Å². The minimum atomic E-state index is 0.365. The molecule has 1 unspecified atom stereocenters. The first kappa shape index (κ1) is 21.3. The van der Waals surface area contributed by atoms with E-state index in [1.807, 2.05) is 38.1 Å². The summed E-state index contributed by atoms with van der Waals surface area (Å²) in [5.74, 6) is 2.41. The first-order valence-corrected chi connectivity index (χ1v) is 12.3. The van der Waals surface area contributed by atoms with E-state index < -0.39 is 0 Å². The molecule has 164 valence electrons. The third kappa shape index (κ3) is 4.22. The van der Waals surface area contributed by atoms with Crippen molar-refractivity contribution >= 4 is 49.0 Å². The minimum absolute atomic E-state index is 0.365. The van der Waals surface area contributed by atoms with E-state index in [0.717, 1.165) is 64.0 Å². The van der Waals surface area contributed by atoms with Crippen molar-refractivity contribution in [1.29, 1.82) is 0 Å². The average molecular weight is 510 g/mol. The number of hydrogen-bond acceptors (Lipinski definition) is 7. The van der Waals surface area contributed by atoms with Crippen molar-refractivity contribution in [2.45, 2.75) is 38.7 Å². The molecule has 1 aromatic carbocycles. The highest BCUT2D eigenvalue weighted by Crippen LogP contribution is 2.39. The topological polar surface area (TPSA) is 63.2 Å². The van der Waals surface area contributed by atoms with Gasteiger partial charge in [-0.2, -0.15) is 0 Å². The largest absolute Gasteiger partial charge is 0.455 e. The number of alkyl halides is 1. The van der Waals surface area contributed by atoms with Crippen LogP contribution in [0.3, 0.4) is 0 Å². The highest BCUT2D eigenvalue weighted by molar-refractivity contribution is 9.09. The van der Waals surface area contributed by atoms with Gasteiger partial charge in [-0.05, 0) is 68.7 Å². The molecule has 0 saturated carbocycles. The van der Waals surface area contributed by atoms with Gasteiger partial charge in [-0.25, -0.2) is 9.97 Å². The summed E-state index contributed by atoms with van der Waals surface area (Å²) in [4.78, 5) is 18.7. The Labute approximate surface area is 199 Å². The molecule has 0 amide bonds. The van der Waals surface area contributed by atoms with Crippen LogP contribution in [0.2, 0.25) is 0 Å². The normalized spacial score (nSPS) is 14.9. The SMILES string of the molecule is Cc1ccc(Oc2ccc(Nc3ncnc4sc5c(c34)CCN(C(C)Br)C5)cc2C)cn1. The van der Waals surface area contributed by atoms with Crippen LogP contribution >= 0.6 is 27.3 Å². The summed E-state index contributed by atoms with van der Waals surface area (Å²) in [6, 6.07) is 9.96. The Hall–Kier alpha value is -2.55. The minimum Gasteiger partial charge on any atom is -0.455 e. The van der Waals surface area contributed by atoms with E-state index in [2.05, 4.69) is 54.1 Å². The maximum atomic E-state index is 6.01. The highest BCUT2D eigenvalue weighted by Gasteiger charge is 2.25. The second-order valence-electron chi connectivity index (χ2n) is 8.04. The number of aryl methyl sites for hydroxylation is 2. The van der Waals surface area contributed by atoms with Crippen molar-refractivity contribution in [3.8, 4) is 11.5 Å². The lowest BCUT2D eigenvalue weighted by atomic mass is 10.0. The van der Waals surface area contributed by atoms with Crippen molar-refractivity contribution in [1.82, 2.24) is 19.9 Å². The maximum Gasteiger partial charge on any atom is 0.145 e. The lowest BCUT2D eigenvalue weighted by Crippen LogP contribution is -2.33. The predicted molar refractivity (Wildman–Crippen MR) is 133 cm³/mol. The molecule has 6 nitrogen and oxygen atoms in total. The Morgan fingerprint density at radius 1 is 1.16 bits per heavy atom. The molecule has 4 heterocycles. The summed E-state index contributed by atoms with van der Waals surface area (Å²) in [5.41, 5.74) is 4.36. The number of nitrogens with zero attached hydrogens (tertiary/aromatic N) is 4. The molecule has 0 aliphatic carbocycles. The summed E-state index contributed by atoms with van der Waals surface area (Å²) in [6.07, 6.45) is 4.39. The van der Waals surface area contributed by atoms with Gasteiger partial charge in [0.1, 0.15) is 28.5 Å². The van der Waals surface area contributed by atoms with Crippen LogP contribution in [0.1, 0.15) is 28.6 Å². The second-order valence-corrected chi connectivity index (χ2v) is 10.5. The average Bonchev–Trinajstić information content (AvgIpc) is 3.16. The molecule has 4 aromatic rings. The van der Waals surface area contributed by atoms with Crippen molar-refractivity contribution in [2.24, 2.45) is 0 Å². The molecule has 0 spiro atoms. The molecule has 1 N–H and O–H groups in total. The Morgan fingerprint density at radius 3 is 2.78 bits per heavy atom. The van der Waals surface area contributed by atoms with E-state index in [1.165, 1.54) is 10.4 Å². The van der Waals surface area contributed by atoms with E-state index in [-0.39, 0.29) is 0 Å². The first-order valence-electron chi connectivity index (χ1n) is 10.6. The van der Waals surface area contributed by atoms with Crippen LogP contribution in [0.25, 0.3) is 10.2 Å². The molecule has 1 atom stereocenters. The van der Waals surface area contributed by atoms with Gasteiger partial charge in [0.2, 0.25) is 0 Å². The quantitative estimate of drug-likeness (QED) is 0.250. The molecule has 1 aliphatic rings. The molecule has 0 fully saturated rings. The molecule has 5 rings (SSSR count). The number of hydrogen-bond donors (Lipinski definition) is 1. The van der Waals surface area contributed by atoms with Gasteiger partial charge >= 0.3 is 0 Å². The molecule has 32 heavy (non-hydrogen) atoms. The van der Waals surface area contributed by atoms with Gasteiger partial charge < -0.3 is 10.1 Å². The summed E-state index contributed by atoms with van der Waals surface area (Å²) < 4.78 is 6.01. The number of halogens is 1. The standard InChI is InChI=1S/C24H24BrN5OS/c1-14-10-17(5-7-20(14)31-18-6-4-15(2)26-11-18)29-23-22-19-8-9-30(16(3)25)12-21(19)32-24(22)28-13-27-23/h4-7,10-11,13,16H,8-9,12H2,1-3H3,(H,27,28,29). The highest BCUT2D eigenvalue weighted by atomic mass is 79.9. The van der Waals surface area contributed by atoms with Gasteiger partial charge in [0.25, 0.3) is 0 Å². The molecule has 8 heteroatoms. The molecule has 0 radical (unpaired) electrons. The van der Waals surface area contributed by atoms with Gasteiger partial charge in [0.05, 0.1) is 16.5 Å². The summed E-state index contributed by atoms with van der Waals surface area (Å²) in [7, 11) is 0. The van der Waals surface area contributed by atoms with Crippen molar-refractivity contribution in [2.75, 3.05) is 11.9 Å².